The molecule has 0 saturated heterocycles. The van der Waals surface area contributed by atoms with Gasteiger partial charge >= 0.3 is 0 Å². The van der Waals surface area contributed by atoms with Gasteiger partial charge in [0.05, 0.1) is 0 Å². The van der Waals surface area contributed by atoms with E-state index < -0.39 is 0 Å². The number of rotatable bonds is 4. The summed E-state index contributed by atoms with van der Waals surface area (Å²) in [7, 11) is 0. The Balaban J connectivity index is 2.05. The normalized spacial score (nSPS) is 10.4. The van der Waals surface area contributed by atoms with E-state index in [0.29, 0.717) is 0 Å². The van der Waals surface area contributed by atoms with Crippen LogP contribution in [0.3, 0.4) is 0 Å². The molecule has 94 valence electrons. The highest BCUT2D eigenvalue weighted by Gasteiger charge is 2.00. The Kier molecular flexibility index (Phi) is 3.92. The van der Waals surface area contributed by atoms with Gasteiger partial charge in [0.15, 0.2) is 0 Å². The molecule has 0 fully saturated rings. The molecular formula is C15H19N3. The summed E-state index contributed by atoms with van der Waals surface area (Å²) in [4.78, 5) is 8.76. The molecule has 3 heteroatoms. The lowest BCUT2D eigenvalue weighted by Gasteiger charge is -2.08. The van der Waals surface area contributed by atoms with Crippen LogP contribution >= 0.6 is 0 Å². The molecule has 2 aromatic rings. The van der Waals surface area contributed by atoms with E-state index in [9.17, 15) is 0 Å². The second-order valence-corrected chi connectivity index (χ2v) is 4.48. The van der Waals surface area contributed by atoms with Crippen LogP contribution in [0.25, 0.3) is 0 Å². The lowest BCUT2D eigenvalue weighted by atomic mass is 10.1. The molecule has 0 aliphatic rings. The first-order valence-electron chi connectivity index (χ1n) is 6.31. The molecule has 1 N–H and O–H groups in total. The highest BCUT2D eigenvalue weighted by atomic mass is 15.0. The minimum absolute atomic E-state index is 0.792. The van der Waals surface area contributed by atoms with E-state index >= 15 is 0 Å². The number of aromatic nitrogens is 2. The van der Waals surface area contributed by atoms with E-state index in [4.69, 9.17) is 0 Å². The van der Waals surface area contributed by atoms with Crippen LogP contribution in [0, 0.1) is 13.8 Å². The fraction of sp³-hybridized carbons (Fsp3) is 0.333. The number of nitrogens with zero attached hydrogens (tertiary/aromatic N) is 2. The summed E-state index contributed by atoms with van der Waals surface area (Å²) in [6.07, 6.45) is 0.933. The van der Waals surface area contributed by atoms with Gasteiger partial charge in [-0.05, 0) is 25.8 Å². The van der Waals surface area contributed by atoms with Crippen LogP contribution in [0.15, 0.2) is 30.3 Å². The van der Waals surface area contributed by atoms with Crippen molar-refractivity contribution in [2.75, 3.05) is 5.32 Å². The molecule has 0 saturated carbocycles. The molecule has 0 aliphatic heterocycles. The second kappa shape index (κ2) is 5.63. The van der Waals surface area contributed by atoms with E-state index in [1.165, 1.54) is 11.1 Å². The monoisotopic (exact) mass is 241 g/mol. The van der Waals surface area contributed by atoms with Gasteiger partial charge in [-0.15, -0.1) is 0 Å². The molecule has 3 nitrogen and oxygen atoms in total. The van der Waals surface area contributed by atoms with Gasteiger partial charge in [0.2, 0.25) is 0 Å². The zero-order valence-corrected chi connectivity index (χ0v) is 11.2. The fourth-order valence-electron chi connectivity index (χ4n) is 1.80. The summed E-state index contributed by atoms with van der Waals surface area (Å²) in [5, 5.41) is 3.34. The average Bonchev–Trinajstić information content (AvgIpc) is 2.37. The minimum Gasteiger partial charge on any atom is -0.366 e. The Labute approximate surface area is 108 Å². The molecule has 0 bridgehead atoms. The first-order chi connectivity index (χ1) is 8.67. The molecule has 1 heterocycles. The largest absolute Gasteiger partial charge is 0.366 e. The first kappa shape index (κ1) is 12.6. The van der Waals surface area contributed by atoms with Crippen LogP contribution < -0.4 is 5.32 Å². The Morgan fingerprint density at radius 1 is 1.06 bits per heavy atom. The van der Waals surface area contributed by atoms with E-state index in [-0.39, 0.29) is 0 Å². The SMILES string of the molecule is CCc1cc(NCc2ccc(C)cc2)nc(C)n1. The van der Waals surface area contributed by atoms with Crippen LogP contribution in [-0.4, -0.2) is 9.97 Å². The van der Waals surface area contributed by atoms with Crippen molar-refractivity contribution >= 4 is 5.82 Å². The Morgan fingerprint density at radius 3 is 2.44 bits per heavy atom. The lowest BCUT2D eigenvalue weighted by Crippen LogP contribution is -2.04. The fourth-order valence-corrected chi connectivity index (χ4v) is 1.80. The molecule has 0 unspecified atom stereocenters. The molecule has 2 rings (SSSR count). The van der Waals surface area contributed by atoms with Crippen LogP contribution in [0.2, 0.25) is 0 Å². The summed E-state index contributed by atoms with van der Waals surface area (Å²) < 4.78 is 0. The summed E-state index contributed by atoms with van der Waals surface area (Å²) >= 11 is 0. The molecule has 0 amide bonds. The van der Waals surface area contributed by atoms with Gasteiger partial charge in [0.25, 0.3) is 0 Å². The number of nitrogens with one attached hydrogen (secondary N) is 1. The highest BCUT2D eigenvalue weighted by Crippen LogP contribution is 2.10. The summed E-state index contributed by atoms with van der Waals surface area (Å²) in [6, 6.07) is 10.5. The zero-order chi connectivity index (χ0) is 13.0. The van der Waals surface area contributed by atoms with Crippen molar-refractivity contribution in [1.29, 1.82) is 0 Å². The molecule has 0 radical (unpaired) electrons. The predicted molar refractivity (Wildman–Crippen MR) is 74.7 cm³/mol. The maximum absolute atomic E-state index is 4.39. The number of anilines is 1. The van der Waals surface area contributed by atoms with E-state index in [1.807, 2.05) is 13.0 Å². The van der Waals surface area contributed by atoms with Gasteiger partial charge in [-0.3, -0.25) is 0 Å². The van der Waals surface area contributed by atoms with Crippen LogP contribution in [0.1, 0.15) is 29.6 Å². The quantitative estimate of drug-likeness (QED) is 0.892. The number of hydrogen-bond acceptors (Lipinski definition) is 3. The van der Waals surface area contributed by atoms with Gasteiger partial charge in [-0.1, -0.05) is 36.8 Å². The smallest absolute Gasteiger partial charge is 0.130 e. The van der Waals surface area contributed by atoms with Crippen LogP contribution in [-0.2, 0) is 13.0 Å². The van der Waals surface area contributed by atoms with Crippen molar-refractivity contribution in [1.82, 2.24) is 9.97 Å². The lowest BCUT2D eigenvalue weighted by molar-refractivity contribution is 0.941. The van der Waals surface area contributed by atoms with E-state index in [2.05, 4.69) is 53.4 Å². The molecule has 1 aromatic heterocycles. The molecule has 0 atom stereocenters. The van der Waals surface area contributed by atoms with Crippen molar-refractivity contribution in [3.05, 3.63) is 53.0 Å². The summed E-state index contributed by atoms with van der Waals surface area (Å²) in [5.74, 6) is 1.72. The van der Waals surface area contributed by atoms with Gasteiger partial charge < -0.3 is 5.32 Å². The molecule has 0 spiro atoms. The van der Waals surface area contributed by atoms with Crippen molar-refractivity contribution in [3.8, 4) is 0 Å². The average molecular weight is 241 g/mol. The predicted octanol–water partition coefficient (Wildman–Crippen LogP) is 3.27. The second-order valence-electron chi connectivity index (χ2n) is 4.48. The van der Waals surface area contributed by atoms with E-state index in [0.717, 1.165) is 30.3 Å². The third-order valence-electron chi connectivity index (χ3n) is 2.85. The van der Waals surface area contributed by atoms with Crippen molar-refractivity contribution in [3.63, 3.8) is 0 Å². The number of aryl methyl sites for hydroxylation is 3. The van der Waals surface area contributed by atoms with Gasteiger partial charge in [-0.2, -0.15) is 0 Å². The topological polar surface area (TPSA) is 37.8 Å². The van der Waals surface area contributed by atoms with Gasteiger partial charge in [0, 0.05) is 18.3 Å². The number of hydrogen-bond donors (Lipinski definition) is 1. The zero-order valence-electron chi connectivity index (χ0n) is 11.2. The molecule has 1 aromatic carbocycles. The Hall–Kier alpha value is -1.90. The molecule has 0 aliphatic carbocycles. The Morgan fingerprint density at radius 2 is 1.78 bits per heavy atom. The van der Waals surface area contributed by atoms with Gasteiger partial charge in [-0.25, -0.2) is 9.97 Å². The minimum atomic E-state index is 0.792. The summed E-state index contributed by atoms with van der Waals surface area (Å²) in [6.45, 7) is 6.92. The number of benzene rings is 1. The van der Waals surface area contributed by atoms with Crippen molar-refractivity contribution in [2.45, 2.75) is 33.7 Å². The van der Waals surface area contributed by atoms with Crippen molar-refractivity contribution < 1.29 is 0 Å². The summed E-state index contributed by atoms with van der Waals surface area (Å²) in [5.41, 5.74) is 3.62. The highest BCUT2D eigenvalue weighted by molar-refractivity contribution is 5.37. The van der Waals surface area contributed by atoms with Crippen LogP contribution in [0.4, 0.5) is 5.82 Å². The maximum atomic E-state index is 4.39. The van der Waals surface area contributed by atoms with Gasteiger partial charge in [0.1, 0.15) is 11.6 Å². The standard InChI is InChI=1S/C15H19N3/c1-4-14-9-15(18-12(3)17-14)16-10-13-7-5-11(2)6-8-13/h5-9H,4,10H2,1-3H3,(H,16,17,18). The van der Waals surface area contributed by atoms with Crippen LogP contribution in [0.5, 0.6) is 0 Å². The first-order valence-corrected chi connectivity index (χ1v) is 6.31. The van der Waals surface area contributed by atoms with Crippen molar-refractivity contribution in [2.24, 2.45) is 0 Å². The third kappa shape index (κ3) is 3.29. The maximum Gasteiger partial charge on any atom is 0.130 e. The molecule has 18 heavy (non-hydrogen) atoms. The third-order valence-corrected chi connectivity index (χ3v) is 2.85. The molecular weight excluding hydrogens is 222 g/mol. The van der Waals surface area contributed by atoms with E-state index in [1.54, 1.807) is 0 Å². The Bertz CT molecular complexity index is 518.